The van der Waals surface area contributed by atoms with Crippen LogP contribution >= 0.6 is 0 Å². The first-order valence-electron chi connectivity index (χ1n) is 18.6. The van der Waals surface area contributed by atoms with Crippen LogP contribution in [-0.4, -0.2) is 159 Å². The fourth-order valence-corrected chi connectivity index (χ4v) is 8.41. The van der Waals surface area contributed by atoms with Gasteiger partial charge < -0.3 is 20.2 Å². The molecular formula is C37H60N6O8S. The second kappa shape index (κ2) is 20.8. The van der Waals surface area contributed by atoms with E-state index in [-0.39, 0.29) is 11.4 Å². The highest BCUT2D eigenvalue weighted by atomic mass is 32.2. The molecule has 2 aromatic carbocycles. The predicted octanol–water partition coefficient (Wildman–Crippen LogP) is 3.17. The van der Waals surface area contributed by atoms with Gasteiger partial charge in [-0.2, -0.15) is 0 Å². The number of hydrogen-bond acceptors (Lipinski definition) is 10. The highest BCUT2D eigenvalue weighted by Crippen LogP contribution is 2.30. The Kier molecular flexibility index (Phi) is 17.2. The van der Waals surface area contributed by atoms with E-state index >= 15 is 0 Å². The molecule has 1 aliphatic rings. The van der Waals surface area contributed by atoms with Gasteiger partial charge in [0.05, 0.1) is 4.90 Å². The molecule has 1 saturated heterocycles. The van der Waals surface area contributed by atoms with Crippen molar-refractivity contribution in [2.24, 2.45) is 0 Å². The van der Waals surface area contributed by atoms with E-state index in [1.807, 2.05) is 72.7 Å². The van der Waals surface area contributed by atoms with Gasteiger partial charge in [0.1, 0.15) is 18.1 Å². The van der Waals surface area contributed by atoms with Gasteiger partial charge in [-0.15, -0.1) is 0 Å². The average Bonchev–Trinajstić information content (AvgIpc) is 3.09. The molecule has 52 heavy (non-hydrogen) atoms. The molecule has 3 atom stereocenters. The third-order valence-electron chi connectivity index (χ3n) is 9.97. The second-order valence-corrected chi connectivity index (χ2v) is 15.5. The SMILES string of the molecule is CCCC(C(=O)O)N1CCN(CCNS(=O)(=O)c2cccc3c(N(C)C)cccc23)CCN(C(CCC)C(=O)O)CCN(C(CCC)C(=O)O)CC1. The van der Waals surface area contributed by atoms with Crippen molar-refractivity contribution in [3.8, 4) is 0 Å². The van der Waals surface area contributed by atoms with Gasteiger partial charge in [-0.3, -0.25) is 34.0 Å². The predicted molar refractivity (Wildman–Crippen MR) is 204 cm³/mol. The van der Waals surface area contributed by atoms with Crippen LogP contribution in [0.4, 0.5) is 5.69 Å². The molecule has 1 aliphatic heterocycles. The van der Waals surface area contributed by atoms with Crippen molar-refractivity contribution in [2.45, 2.75) is 82.3 Å². The van der Waals surface area contributed by atoms with Crippen molar-refractivity contribution < 1.29 is 38.1 Å². The molecule has 3 rings (SSSR count). The third-order valence-corrected chi connectivity index (χ3v) is 11.5. The Morgan fingerprint density at radius 3 is 1.48 bits per heavy atom. The number of nitrogens with zero attached hydrogens (tertiary/aromatic N) is 5. The summed E-state index contributed by atoms with van der Waals surface area (Å²) in [5.41, 5.74) is 0.903. The number of carboxylic acid groups (broad SMARTS) is 3. The number of benzene rings is 2. The molecule has 4 N–H and O–H groups in total. The van der Waals surface area contributed by atoms with E-state index in [1.54, 1.807) is 18.2 Å². The second-order valence-electron chi connectivity index (χ2n) is 13.8. The van der Waals surface area contributed by atoms with Gasteiger partial charge in [-0.1, -0.05) is 64.3 Å². The zero-order valence-electron chi connectivity index (χ0n) is 31.5. The van der Waals surface area contributed by atoms with Gasteiger partial charge in [0.25, 0.3) is 0 Å². The van der Waals surface area contributed by atoms with Crippen LogP contribution in [-0.2, 0) is 24.4 Å². The first-order valence-corrected chi connectivity index (χ1v) is 20.1. The van der Waals surface area contributed by atoms with Crippen molar-refractivity contribution >= 4 is 44.4 Å². The standard InChI is InChI=1S/C37H60N6O8S/c1-6-11-31(35(44)45)41-22-20-40(19-18-38-52(50,51)34-17-10-14-28-29(34)15-9-16-30(28)39(4)5)21-23-42(32(12-7-2)36(46)47)25-27-43(26-24-41)33(13-8-3)37(48)49/h9-10,14-17,31-33,38H,6-8,11-13,18-27H2,1-5H3,(H,44,45)(H,46,47)(H,48,49). The summed E-state index contributed by atoms with van der Waals surface area (Å²) in [5, 5.41) is 32.0. The minimum atomic E-state index is -3.91. The van der Waals surface area contributed by atoms with Crippen molar-refractivity contribution in [1.82, 2.24) is 24.3 Å². The molecule has 2 aromatic rings. The Morgan fingerprint density at radius 1 is 0.673 bits per heavy atom. The third kappa shape index (κ3) is 11.8. The van der Waals surface area contributed by atoms with Crippen LogP contribution in [0.15, 0.2) is 41.3 Å². The molecule has 0 spiro atoms. The number of hydrogen-bond donors (Lipinski definition) is 4. The molecule has 0 saturated carbocycles. The fourth-order valence-electron chi connectivity index (χ4n) is 7.17. The Bertz CT molecular complexity index is 1530. The van der Waals surface area contributed by atoms with E-state index in [0.29, 0.717) is 103 Å². The number of rotatable bonds is 18. The van der Waals surface area contributed by atoms with Crippen LogP contribution in [0.1, 0.15) is 59.3 Å². The number of aliphatic carboxylic acids is 3. The summed E-state index contributed by atoms with van der Waals surface area (Å²) in [6, 6.07) is 8.48. The van der Waals surface area contributed by atoms with E-state index in [1.165, 1.54) is 0 Å². The molecule has 0 amide bonds. The van der Waals surface area contributed by atoms with E-state index < -0.39 is 46.1 Å². The maximum Gasteiger partial charge on any atom is 0.320 e. The van der Waals surface area contributed by atoms with Crippen molar-refractivity contribution in [3.05, 3.63) is 36.4 Å². The highest BCUT2D eigenvalue weighted by molar-refractivity contribution is 7.89. The lowest BCUT2D eigenvalue weighted by Crippen LogP contribution is -2.55. The summed E-state index contributed by atoms with van der Waals surface area (Å²) in [4.78, 5) is 47.2. The maximum atomic E-state index is 13.7. The van der Waals surface area contributed by atoms with E-state index in [4.69, 9.17) is 0 Å². The molecular weight excluding hydrogens is 689 g/mol. The lowest BCUT2D eigenvalue weighted by atomic mass is 10.1. The Labute approximate surface area is 309 Å². The van der Waals surface area contributed by atoms with E-state index in [2.05, 4.69) is 9.62 Å². The van der Waals surface area contributed by atoms with Crippen LogP contribution in [0.2, 0.25) is 0 Å². The van der Waals surface area contributed by atoms with Crippen molar-refractivity contribution in [2.75, 3.05) is 84.4 Å². The van der Waals surface area contributed by atoms with Gasteiger partial charge in [0.15, 0.2) is 0 Å². The summed E-state index contributed by atoms with van der Waals surface area (Å²) in [6.07, 6.45) is 3.24. The molecule has 14 nitrogen and oxygen atoms in total. The topological polar surface area (TPSA) is 174 Å². The van der Waals surface area contributed by atoms with Gasteiger partial charge in [0, 0.05) is 96.0 Å². The van der Waals surface area contributed by atoms with E-state index in [0.717, 1.165) is 11.1 Å². The van der Waals surface area contributed by atoms with Crippen molar-refractivity contribution in [1.29, 1.82) is 0 Å². The lowest BCUT2D eigenvalue weighted by molar-refractivity contribution is -0.147. The molecule has 15 heteroatoms. The van der Waals surface area contributed by atoms with Crippen LogP contribution < -0.4 is 9.62 Å². The number of sulfonamides is 1. The molecule has 0 aromatic heterocycles. The molecule has 0 aliphatic carbocycles. The average molecular weight is 749 g/mol. The lowest BCUT2D eigenvalue weighted by Gasteiger charge is -2.39. The molecule has 292 valence electrons. The quantitative estimate of drug-likeness (QED) is 0.175. The summed E-state index contributed by atoms with van der Waals surface area (Å²) in [7, 11) is -0.0916. The van der Waals surface area contributed by atoms with Gasteiger partial charge >= 0.3 is 17.9 Å². The van der Waals surface area contributed by atoms with Crippen LogP contribution in [0.3, 0.4) is 0 Å². The number of carbonyl (C=O) groups is 3. The first kappa shape index (κ1) is 43.1. The zero-order valence-corrected chi connectivity index (χ0v) is 32.4. The monoisotopic (exact) mass is 748 g/mol. The minimum absolute atomic E-state index is 0.0891. The first-order chi connectivity index (χ1) is 24.7. The van der Waals surface area contributed by atoms with Crippen molar-refractivity contribution in [3.63, 3.8) is 0 Å². The molecule has 1 heterocycles. The fraction of sp³-hybridized carbons (Fsp3) is 0.649. The number of fused-ring (bicyclic) bond motifs is 1. The van der Waals surface area contributed by atoms with Gasteiger partial charge in [0.2, 0.25) is 10.0 Å². The smallest absolute Gasteiger partial charge is 0.320 e. The molecule has 3 unspecified atom stereocenters. The Balaban J connectivity index is 1.92. The van der Waals surface area contributed by atoms with E-state index in [9.17, 15) is 38.1 Å². The summed E-state index contributed by atoms with van der Waals surface area (Å²) in [6.45, 7) is 8.98. The Morgan fingerprint density at radius 2 is 1.08 bits per heavy atom. The van der Waals surface area contributed by atoms with Gasteiger partial charge in [-0.25, -0.2) is 13.1 Å². The maximum absolute atomic E-state index is 13.7. The van der Waals surface area contributed by atoms with Gasteiger partial charge in [-0.05, 0) is 31.4 Å². The van der Waals surface area contributed by atoms with Crippen LogP contribution in [0.5, 0.6) is 0 Å². The minimum Gasteiger partial charge on any atom is -0.480 e. The summed E-state index contributed by atoms with van der Waals surface area (Å²) >= 11 is 0. The normalized spacial score (nSPS) is 18.2. The molecule has 0 radical (unpaired) electrons. The number of anilines is 1. The largest absolute Gasteiger partial charge is 0.480 e. The Hall–Kier alpha value is -3.34. The number of nitrogens with one attached hydrogen (secondary N) is 1. The highest BCUT2D eigenvalue weighted by Gasteiger charge is 2.32. The summed E-state index contributed by atoms with van der Waals surface area (Å²) < 4.78 is 30.2. The summed E-state index contributed by atoms with van der Waals surface area (Å²) in [5.74, 6) is -2.83. The molecule has 0 bridgehead atoms. The van der Waals surface area contributed by atoms with Crippen LogP contribution in [0, 0.1) is 0 Å². The molecule has 1 fully saturated rings. The number of carboxylic acids is 3. The zero-order chi connectivity index (χ0) is 38.4. The van der Waals surface area contributed by atoms with Crippen LogP contribution in [0.25, 0.3) is 10.8 Å².